The van der Waals surface area contributed by atoms with Crippen LogP contribution in [-0.2, 0) is 0 Å². The van der Waals surface area contributed by atoms with E-state index in [-0.39, 0.29) is 44.8 Å². The van der Waals surface area contributed by atoms with Gasteiger partial charge in [0.2, 0.25) is 0 Å². The quantitative estimate of drug-likeness (QED) is 0.480. The monoisotopic (exact) mass is 407 g/mol. The number of pyridine rings is 1. The maximum atomic E-state index is 11.3. The summed E-state index contributed by atoms with van der Waals surface area (Å²) in [6.45, 7) is 0. The zero-order valence-electron chi connectivity index (χ0n) is 15.1. The fourth-order valence-electron chi connectivity index (χ4n) is 2.80. The number of aromatic carboxylic acids is 4. The number of hydrogen-bond acceptors (Lipinski definition) is 5. The van der Waals surface area contributed by atoms with Crippen molar-refractivity contribution in [3.63, 3.8) is 0 Å². The van der Waals surface area contributed by atoms with Gasteiger partial charge in [-0.25, -0.2) is 24.2 Å². The highest BCUT2D eigenvalue weighted by atomic mass is 16.4. The summed E-state index contributed by atoms with van der Waals surface area (Å²) in [5.41, 5.74) is -0.0389. The second kappa shape index (κ2) is 7.84. The molecule has 2 aromatic carbocycles. The van der Waals surface area contributed by atoms with E-state index >= 15 is 0 Å². The third-order valence-corrected chi connectivity index (χ3v) is 4.19. The molecule has 0 atom stereocenters. The first-order valence-electron chi connectivity index (χ1n) is 8.37. The standard InChI is InChI=1S/C21H13NO8/c23-18(24)12-4-10(5-13(8-12)19(25)26)16-2-1-3-17(22-16)11-6-14(20(27)28)9-15(7-11)21(29)30/h1-9H,(H,23,24)(H,25,26)(H,27,28)(H,29,30). The van der Waals surface area contributed by atoms with Gasteiger partial charge in [0.15, 0.2) is 0 Å². The molecule has 1 aromatic heterocycles. The molecule has 0 aliphatic rings. The van der Waals surface area contributed by atoms with Crippen molar-refractivity contribution in [2.45, 2.75) is 0 Å². The number of carboxylic acids is 4. The summed E-state index contributed by atoms with van der Waals surface area (Å²) in [7, 11) is 0. The molecule has 0 amide bonds. The van der Waals surface area contributed by atoms with Gasteiger partial charge in [0.25, 0.3) is 0 Å². The van der Waals surface area contributed by atoms with Gasteiger partial charge in [-0.15, -0.1) is 0 Å². The van der Waals surface area contributed by atoms with Gasteiger partial charge in [-0.1, -0.05) is 6.07 Å². The molecule has 1 heterocycles. The third-order valence-electron chi connectivity index (χ3n) is 4.19. The highest BCUT2D eigenvalue weighted by Gasteiger charge is 2.16. The van der Waals surface area contributed by atoms with Gasteiger partial charge in [-0.3, -0.25) is 0 Å². The first-order chi connectivity index (χ1) is 14.2. The summed E-state index contributed by atoms with van der Waals surface area (Å²) < 4.78 is 0. The van der Waals surface area contributed by atoms with Crippen LogP contribution in [0.25, 0.3) is 22.5 Å². The first kappa shape index (κ1) is 20.2. The number of aromatic nitrogens is 1. The summed E-state index contributed by atoms with van der Waals surface area (Å²) in [6.07, 6.45) is 0. The molecule has 0 aliphatic carbocycles. The van der Waals surface area contributed by atoms with Crippen molar-refractivity contribution in [1.29, 1.82) is 0 Å². The van der Waals surface area contributed by atoms with E-state index in [2.05, 4.69) is 4.98 Å². The third kappa shape index (κ3) is 4.14. The Labute approximate surface area is 168 Å². The van der Waals surface area contributed by atoms with Crippen molar-refractivity contribution in [1.82, 2.24) is 4.98 Å². The van der Waals surface area contributed by atoms with Crippen molar-refractivity contribution < 1.29 is 39.6 Å². The summed E-state index contributed by atoms with van der Waals surface area (Å²) in [6, 6.07) is 11.7. The second-order valence-electron chi connectivity index (χ2n) is 6.23. The minimum atomic E-state index is -1.31. The Balaban J connectivity index is 2.17. The molecule has 30 heavy (non-hydrogen) atoms. The predicted octanol–water partition coefficient (Wildman–Crippen LogP) is 3.21. The molecule has 0 radical (unpaired) electrons. The Morgan fingerprint density at radius 1 is 0.533 bits per heavy atom. The molecule has 150 valence electrons. The van der Waals surface area contributed by atoms with Gasteiger partial charge < -0.3 is 20.4 Å². The molecule has 0 fully saturated rings. The molecule has 4 N–H and O–H groups in total. The van der Waals surface area contributed by atoms with Gasteiger partial charge in [0.05, 0.1) is 33.6 Å². The second-order valence-corrected chi connectivity index (χ2v) is 6.23. The molecular formula is C21H13NO8. The smallest absolute Gasteiger partial charge is 0.335 e. The molecule has 0 aliphatic heterocycles. The minimum absolute atomic E-state index is 0.224. The number of rotatable bonds is 6. The van der Waals surface area contributed by atoms with E-state index in [0.29, 0.717) is 0 Å². The molecule has 9 nitrogen and oxygen atoms in total. The van der Waals surface area contributed by atoms with Crippen LogP contribution in [0.3, 0.4) is 0 Å². The summed E-state index contributed by atoms with van der Waals surface area (Å²) >= 11 is 0. The minimum Gasteiger partial charge on any atom is -0.478 e. The van der Waals surface area contributed by atoms with Crippen LogP contribution in [0.2, 0.25) is 0 Å². The molecule has 0 saturated carbocycles. The first-order valence-corrected chi connectivity index (χ1v) is 8.37. The lowest BCUT2D eigenvalue weighted by Gasteiger charge is -2.09. The van der Waals surface area contributed by atoms with Gasteiger partial charge in [-0.05, 0) is 48.5 Å². The highest BCUT2D eigenvalue weighted by Crippen LogP contribution is 2.26. The maximum Gasteiger partial charge on any atom is 0.335 e. The topological polar surface area (TPSA) is 162 Å². The van der Waals surface area contributed by atoms with E-state index in [1.165, 1.54) is 36.4 Å². The van der Waals surface area contributed by atoms with Crippen LogP contribution >= 0.6 is 0 Å². The van der Waals surface area contributed by atoms with Crippen LogP contribution in [0.1, 0.15) is 41.4 Å². The molecule has 0 bridgehead atoms. The van der Waals surface area contributed by atoms with Crippen LogP contribution < -0.4 is 0 Å². The van der Waals surface area contributed by atoms with Crippen LogP contribution in [0, 0.1) is 0 Å². The van der Waals surface area contributed by atoms with E-state index in [9.17, 15) is 39.6 Å². The van der Waals surface area contributed by atoms with E-state index in [1.807, 2.05) is 0 Å². The maximum absolute atomic E-state index is 11.3. The molecule has 3 rings (SSSR count). The van der Waals surface area contributed by atoms with Crippen molar-refractivity contribution >= 4 is 23.9 Å². The normalized spacial score (nSPS) is 10.4. The fourth-order valence-corrected chi connectivity index (χ4v) is 2.80. The molecule has 0 unspecified atom stereocenters. The Kier molecular flexibility index (Phi) is 5.28. The summed E-state index contributed by atoms with van der Waals surface area (Å²) in [4.78, 5) is 49.6. The van der Waals surface area contributed by atoms with Gasteiger partial charge in [0.1, 0.15) is 0 Å². The molecule has 9 heteroatoms. The average molecular weight is 407 g/mol. The number of carbonyl (C=O) groups is 4. The molecule has 3 aromatic rings. The number of carboxylic acid groups (broad SMARTS) is 4. The summed E-state index contributed by atoms with van der Waals surface area (Å²) in [5.74, 6) is -5.24. The number of benzene rings is 2. The van der Waals surface area contributed by atoms with E-state index in [4.69, 9.17) is 0 Å². The van der Waals surface area contributed by atoms with Gasteiger partial charge in [0, 0.05) is 11.1 Å². The Hall–Kier alpha value is -4.53. The molecule has 0 spiro atoms. The zero-order valence-corrected chi connectivity index (χ0v) is 15.1. The Morgan fingerprint density at radius 3 is 1.10 bits per heavy atom. The SMILES string of the molecule is O=C(O)c1cc(C(=O)O)cc(-c2cccc(-c3cc(C(=O)O)cc(C(=O)O)c3)n2)c1. The lowest BCUT2D eigenvalue weighted by atomic mass is 10.0. The van der Waals surface area contributed by atoms with E-state index in [1.54, 1.807) is 6.07 Å². The van der Waals surface area contributed by atoms with Crippen LogP contribution in [0.15, 0.2) is 54.6 Å². The van der Waals surface area contributed by atoms with Crippen molar-refractivity contribution in [2.24, 2.45) is 0 Å². The Bertz CT molecular complexity index is 1060. The van der Waals surface area contributed by atoms with Crippen LogP contribution in [0.5, 0.6) is 0 Å². The van der Waals surface area contributed by atoms with Gasteiger partial charge >= 0.3 is 23.9 Å². The van der Waals surface area contributed by atoms with E-state index < -0.39 is 23.9 Å². The lowest BCUT2D eigenvalue weighted by molar-refractivity contribution is 0.0676. The highest BCUT2D eigenvalue weighted by molar-refractivity contribution is 5.97. The summed E-state index contributed by atoms with van der Waals surface area (Å²) in [5, 5.41) is 36.9. The predicted molar refractivity (Wildman–Crippen MR) is 103 cm³/mol. The lowest BCUT2D eigenvalue weighted by Crippen LogP contribution is -2.04. The van der Waals surface area contributed by atoms with E-state index in [0.717, 1.165) is 12.1 Å². The molecule has 0 saturated heterocycles. The van der Waals surface area contributed by atoms with Crippen LogP contribution in [-0.4, -0.2) is 49.3 Å². The van der Waals surface area contributed by atoms with Crippen LogP contribution in [0.4, 0.5) is 0 Å². The van der Waals surface area contributed by atoms with Crippen molar-refractivity contribution in [3.8, 4) is 22.5 Å². The Morgan fingerprint density at radius 2 is 0.833 bits per heavy atom. The van der Waals surface area contributed by atoms with Crippen molar-refractivity contribution in [2.75, 3.05) is 0 Å². The number of hydrogen-bond donors (Lipinski definition) is 4. The number of nitrogens with zero attached hydrogens (tertiary/aromatic N) is 1. The largest absolute Gasteiger partial charge is 0.478 e. The molecular weight excluding hydrogens is 394 g/mol. The van der Waals surface area contributed by atoms with Gasteiger partial charge in [-0.2, -0.15) is 0 Å². The zero-order chi connectivity index (χ0) is 22.0. The van der Waals surface area contributed by atoms with Crippen molar-refractivity contribution in [3.05, 3.63) is 76.9 Å². The fraction of sp³-hybridized carbons (Fsp3) is 0. The average Bonchev–Trinajstić information content (AvgIpc) is 2.73.